The molecule has 78 valence electrons. The van der Waals surface area contributed by atoms with Gasteiger partial charge < -0.3 is 14.7 Å². The number of methoxy groups -OCH3 is 1. The molecule has 1 aromatic carbocycles. The summed E-state index contributed by atoms with van der Waals surface area (Å²) in [7, 11) is -2.07. The van der Waals surface area contributed by atoms with Crippen molar-refractivity contribution in [3.63, 3.8) is 0 Å². The molecule has 0 atom stereocenters. The normalized spacial score (nSPS) is 11.0. The van der Waals surface area contributed by atoms with Crippen molar-refractivity contribution in [1.82, 2.24) is 0 Å². The molecule has 5 nitrogen and oxygen atoms in total. The fraction of sp³-hybridized carbons (Fsp3) is 0.250. The van der Waals surface area contributed by atoms with Crippen LogP contribution in [0.2, 0.25) is 0 Å². The Kier molecular flexibility index (Phi) is 2.85. The number of ether oxygens (including phenoxy) is 1. The molecule has 2 N–H and O–H groups in total. The molecule has 0 aliphatic heterocycles. The first-order valence-corrected chi connectivity index (χ1v) is 5.56. The molecule has 0 spiro atoms. The molecular weight excluding hydrogens is 206 g/mol. The topological polar surface area (TPSA) is 78.6 Å². The van der Waals surface area contributed by atoms with E-state index in [4.69, 9.17) is 10.5 Å². The van der Waals surface area contributed by atoms with E-state index in [-0.39, 0.29) is 5.75 Å². The van der Waals surface area contributed by atoms with Crippen LogP contribution in [0.1, 0.15) is 0 Å². The van der Waals surface area contributed by atoms with Crippen molar-refractivity contribution in [2.45, 2.75) is 0 Å². The van der Waals surface area contributed by atoms with Gasteiger partial charge in [0.1, 0.15) is 11.5 Å². The molecule has 14 heavy (non-hydrogen) atoms. The smallest absolute Gasteiger partial charge is 0.306 e. The molecule has 0 bridgehead atoms. The SMILES string of the molecule is COc1cc(N)cc(OS(C)(=O)=O)c1. The number of benzene rings is 1. The highest BCUT2D eigenvalue weighted by Gasteiger charge is 2.06. The molecule has 1 rings (SSSR count). The van der Waals surface area contributed by atoms with Crippen molar-refractivity contribution in [2.24, 2.45) is 0 Å². The van der Waals surface area contributed by atoms with E-state index in [0.717, 1.165) is 6.26 Å². The van der Waals surface area contributed by atoms with Gasteiger partial charge in [0.25, 0.3) is 0 Å². The summed E-state index contributed by atoms with van der Waals surface area (Å²) in [5.74, 6) is 0.591. The largest absolute Gasteiger partial charge is 0.497 e. The Morgan fingerprint density at radius 2 is 1.79 bits per heavy atom. The third kappa shape index (κ3) is 3.14. The fourth-order valence-corrected chi connectivity index (χ4v) is 1.38. The summed E-state index contributed by atoms with van der Waals surface area (Å²) in [5, 5.41) is 0. The van der Waals surface area contributed by atoms with Crippen molar-refractivity contribution < 1.29 is 17.3 Å². The van der Waals surface area contributed by atoms with Gasteiger partial charge in [-0.25, -0.2) is 0 Å². The van der Waals surface area contributed by atoms with Crippen LogP contribution in [0.25, 0.3) is 0 Å². The highest BCUT2D eigenvalue weighted by atomic mass is 32.2. The van der Waals surface area contributed by atoms with E-state index in [1.165, 1.54) is 19.2 Å². The average Bonchev–Trinajstić information content (AvgIpc) is 1.99. The van der Waals surface area contributed by atoms with E-state index in [2.05, 4.69) is 4.18 Å². The van der Waals surface area contributed by atoms with Gasteiger partial charge in [-0.1, -0.05) is 0 Å². The fourth-order valence-electron chi connectivity index (χ4n) is 0.934. The third-order valence-electron chi connectivity index (χ3n) is 1.39. The minimum absolute atomic E-state index is 0.143. The average molecular weight is 217 g/mol. The maximum atomic E-state index is 10.8. The number of hydrogen-bond acceptors (Lipinski definition) is 5. The number of nitrogens with two attached hydrogens (primary N) is 1. The molecule has 0 heterocycles. The molecule has 0 unspecified atom stereocenters. The van der Waals surface area contributed by atoms with Crippen molar-refractivity contribution in [3.05, 3.63) is 18.2 Å². The Balaban J connectivity index is 3.04. The molecule has 6 heteroatoms. The van der Waals surface area contributed by atoms with Crippen LogP contribution in [0, 0.1) is 0 Å². The molecule has 0 saturated carbocycles. The molecule has 0 radical (unpaired) electrons. The lowest BCUT2D eigenvalue weighted by molar-refractivity contribution is 0.412. The highest BCUT2D eigenvalue weighted by molar-refractivity contribution is 7.86. The quantitative estimate of drug-likeness (QED) is 0.593. The van der Waals surface area contributed by atoms with E-state index in [1.54, 1.807) is 6.07 Å². The lowest BCUT2D eigenvalue weighted by Gasteiger charge is -2.06. The second-order valence-electron chi connectivity index (χ2n) is 2.73. The van der Waals surface area contributed by atoms with Crippen LogP contribution in [0.3, 0.4) is 0 Å². The van der Waals surface area contributed by atoms with Gasteiger partial charge in [-0.05, 0) is 0 Å². The van der Waals surface area contributed by atoms with E-state index in [1.807, 2.05) is 0 Å². The lowest BCUT2D eigenvalue weighted by atomic mass is 10.3. The van der Waals surface area contributed by atoms with Crippen molar-refractivity contribution in [1.29, 1.82) is 0 Å². The van der Waals surface area contributed by atoms with Gasteiger partial charge in [-0.15, -0.1) is 0 Å². The number of anilines is 1. The van der Waals surface area contributed by atoms with E-state index < -0.39 is 10.1 Å². The van der Waals surface area contributed by atoms with Gasteiger partial charge in [0.05, 0.1) is 13.4 Å². The monoisotopic (exact) mass is 217 g/mol. The maximum Gasteiger partial charge on any atom is 0.306 e. The number of rotatable bonds is 3. The summed E-state index contributed by atoms with van der Waals surface area (Å²) in [4.78, 5) is 0. The second-order valence-corrected chi connectivity index (χ2v) is 4.30. The van der Waals surface area contributed by atoms with Crippen LogP contribution in [0.5, 0.6) is 11.5 Å². The predicted molar refractivity (Wildman–Crippen MR) is 52.9 cm³/mol. The standard InChI is InChI=1S/C8H11NO4S/c1-12-7-3-6(9)4-8(5-7)13-14(2,10)11/h3-5H,9H2,1-2H3. The number of hydrogen-bond donors (Lipinski definition) is 1. The van der Waals surface area contributed by atoms with Crippen LogP contribution in [0.4, 0.5) is 5.69 Å². The summed E-state index contributed by atoms with van der Waals surface area (Å²) in [6.07, 6.45) is 0.961. The summed E-state index contributed by atoms with van der Waals surface area (Å²) in [6.45, 7) is 0. The van der Waals surface area contributed by atoms with Crippen LogP contribution < -0.4 is 14.7 Å². The zero-order valence-corrected chi connectivity index (χ0v) is 8.67. The van der Waals surface area contributed by atoms with Crippen LogP contribution in [-0.4, -0.2) is 21.8 Å². The minimum Gasteiger partial charge on any atom is -0.497 e. The van der Waals surface area contributed by atoms with Crippen LogP contribution in [0.15, 0.2) is 18.2 Å². The van der Waals surface area contributed by atoms with E-state index in [9.17, 15) is 8.42 Å². The number of nitrogen functional groups attached to an aromatic ring is 1. The zero-order valence-electron chi connectivity index (χ0n) is 7.85. The van der Waals surface area contributed by atoms with Gasteiger partial charge in [-0.2, -0.15) is 8.42 Å². The Hall–Kier alpha value is -1.43. The van der Waals surface area contributed by atoms with Gasteiger partial charge in [-0.3, -0.25) is 0 Å². The van der Waals surface area contributed by atoms with Crippen LogP contribution >= 0.6 is 0 Å². The first kappa shape index (κ1) is 10.6. The van der Waals surface area contributed by atoms with E-state index in [0.29, 0.717) is 11.4 Å². The summed E-state index contributed by atoms with van der Waals surface area (Å²) in [6, 6.07) is 4.41. The highest BCUT2D eigenvalue weighted by Crippen LogP contribution is 2.24. The minimum atomic E-state index is -3.53. The van der Waals surface area contributed by atoms with Gasteiger partial charge in [0.15, 0.2) is 0 Å². The molecule has 0 saturated heterocycles. The van der Waals surface area contributed by atoms with Gasteiger partial charge in [0, 0.05) is 23.9 Å². The lowest BCUT2D eigenvalue weighted by Crippen LogP contribution is -2.06. The van der Waals surface area contributed by atoms with Crippen LogP contribution in [-0.2, 0) is 10.1 Å². The Labute approximate surface area is 82.6 Å². The molecule has 0 fully saturated rings. The molecule has 0 aromatic heterocycles. The van der Waals surface area contributed by atoms with Gasteiger partial charge in [0.2, 0.25) is 0 Å². The molecule has 1 aromatic rings. The first-order chi connectivity index (χ1) is 6.40. The Morgan fingerprint density at radius 1 is 1.21 bits per heavy atom. The summed E-state index contributed by atoms with van der Waals surface area (Å²) in [5.41, 5.74) is 5.88. The van der Waals surface area contributed by atoms with E-state index >= 15 is 0 Å². The van der Waals surface area contributed by atoms with Crippen molar-refractivity contribution in [3.8, 4) is 11.5 Å². The second kappa shape index (κ2) is 3.75. The Bertz CT molecular complexity index is 427. The summed E-state index contributed by atoms with van der Waals surface area (Å²) < 4.78 is 31.1. The summed E-state index contributed by atoms with van der Waals surface area (Å²) >= 11 is 0. The van der Waals surface area contributed by atoms with Crippen molar-refractivity contribution in [2.75, 3.05) is 19.1 Å². The van der Waals surface area contributed by atoms with Gasteiger partial charge >= 0.3 is 10.1 Å². The van der Waals surface area contributed by atoms with Crippen molar-refractivity contribution >= 4 is 15.8 Å². The molecule has 0 aliphatic carbocycles. The molecular formula is C8H11NO4S. The molecule has 0 aliphatic rings. The first-order valence-electron chi connectivity index (χ1n) is 3.75. The predicted octanol–water partition coefficient (Wildman–Crippen LogP) is 0.616. The Morgan fingerprint density at radius 3 is 2.29 bits per heavy atom. The maximum absolute atomic E-state index is 10.8. The zero-order chi connectivity index (χ0) is 10.8. The third-order valence-corrected chi connectivity index (χ3v) is 1.88. The molecule has 0 amide bonds.